The van der Waals surface area contributed by atoms with Gasteiger partial charge in [0.05, 0.1) is 11.5 Å². The molecule has 0 aliphatic carbocycles. The van der Waals surface area contributed by atoms with Crippen molar-refractivity contribution in [2.75, 3.05) is 0 Å². The highest BCUT2D eigenvalue weighted by Crippen LogP contribution is 2.31. The lowest BCUT2D eigenvalue weighted by Crippen LogP contribution is -2.41. The predicted molar refractivity (Wildman–Crippen MR) is 74.6 cm³/mol. The van der Waals surface area contributed by atoms with E-state index in [9.17, 15) is 9.90 Å². The summed E-state index contributed by atoms with van der Waals surface area (Å²) in [7, 11) is 0. The van der Waals surface area contributed by atoms with Crippen LogP contribution in [0.25, 0.3) is 0 Å². The Hall–Kier alpha value is -1.41. The van der Waals surface area contributed by atoms with Crippen LogP contribution in [-0.2, 0) is 0 Å². The highest BCUT2D eigenvalue weighted by Gasteiger charge is 2.37. The zero-order valence-electron chi connectivity index (χ0n) is 11.2. The molecule has 0 saturated heterocycles. The molecule has 0 unspecified atom stereocenters. The number of ketones is 1. The van der Waals surface area contributed by atoms with E-state index in [0.717, 1.165) is 0 Å². The van der Waals surface area contributed by atoms with E-state index in [4.69, 9.17) is 0 Å². The van der Waals surface area contributed by atoms with Gasteiger partial charge in [-0.3, -0.25) is 4.79 Å². The van der Waals surface area contributed by atoms with Gasteiger partial charge in [-0.25, -0.2) is 0 Å². The zero-order chi connectivity index (χ0) is 13.6. The van der Waals surface area contributed by atoms with Crippen LogP contribution in [0.3, 0.4) is 0 Å². The molecule has 0 amide bonds. The van der Waals surface area contributed by atoms with E-state index in [0.29, 0.717) is 24.8 Å². The second kappa shape index (κ2) is 6.50. The maximum atomic E-state index is 12.5. The first-order chi connectivity index (χ1) is 8.59. The molecule has 0 saturated carbocycles. The Balaban J connectivity index is 3.06. The summed E-state index contributed by atoms with van der Waals surface area (Å²) in [6.07, 6.45) is 3.36. The molecule has 0 spiro atoms. The molecule has 0 bridgehead atoms. The first-order valence-electron chi connectivity index (χ1n) is 6.51. The molecule has 2 heteroatoms. The van der Waals surface area contributed by atoms with Crippen LogP contribution < -0.4 is 0 Å². The normalized spacial score (nSPS) is 13.1. The molecule has 2 nitrogen and oxygen atoms in total. The minimum absolute atomic E-state index is 0.00157. The van der Waals surface area contributed by atoms with Crippen LogP contribution in [-0.4, -0.2) is 16.5 Å². The van der Waals surface area contributed by atoms with Gasteiger partial charge in [-0.05, 0) is 19.3 Å². The average molecular weight is 246 g/mol. The Morgan fingerprint density at radius 3 is 2.33 bits per heavy atom. The highest BCUT2D eigenvalue weighted by molar-refractivity contribution is 5.98. The summed E-state index contributed by atoms with van der Waals surface area (Å²) in [5.41, 5.74) is -0.286. The van der Waals surface area contributed by atoms with Crippen molar-refractivity contribution in [2.45, 2.75) is 38.7 Å². The Morgan fingerprint density at radius 2 is 1.89 bits per heavy atom. The van der Waals surface area contributed by atoms with Gasteiger partial charge in [0.1, 0.15) is 0 Å². The van der Waals surface area contributed by atoms with E-state index < -0.39 is 11.5 Å². The Labute approximate surface area is 109 Å². The molecule has 1 N–H and O–H groups in total. The van der Waals surface area contributed by atoms with Gasteiger partial charge in [-0.1, -0.05) is 50.3 Å². The van der Waals surface area contributed by atoms with Crippen LogP contribution in [0.5, 0.6) is 0 Å². The quantitative estimate of drug-likeness (QED) is 0.589. The molecule has 18 heavy (non-hydrogen) atoms. The molecule has 1 aromatic carbocycles. The second-order valence-corrected chi connectivity index (χ2v) is 4.62. The van der Waals surface area contributed by atoms with Crippen molar-refractivity contribution in [3.8, 4) is 0 Å². The summed E-state index contributed by atoms with van der Waals surface area (Å²) in [5.74, 6) is -0.408. The maximum Gasteiger partial charge on any atom is 0.169 e. The average Bonchev–Trinajstić information content (AvgIpc) is 2.44. The fourth-order valence-electron chi connectivity index (χ4n) is 2.28. The van der Waals surface area contributed by atoms with Crippen molar-refractivity contribution in [1.29, 1.82) is 0 Å². The molecule has 1 atom stereocenters. The Bertz CT molecular complexity index is 391. The topological polar surface area (TPSA) is 37.3 Å². The highest BCUT2D eigenvalue weighted by atomic mass is 16.3. The predicted octanol–water partition coefficient (Wildman–Crippen LogP) is 3.61. The molecule has 0 aliphatic heterocycles. The third kappa shape index (κ3) is 3.08. The van der Waals surface area contributed by atoms with E-state index in [1.54, 1.807) is 18.2 Å². The molecule has 0 fully saturated rings. The van der Waals surface area contributed by atoms with E-state index in [2.05, 4.69) is 6.58 Å². The van der Waals surface area contributed by atoms with Gasteiger partial charge < -0.3 is 5.11 Å². The molecular formula is C16H22O2. The fourth-order valence-corrected chi connectivity index (χ4v) is 2.28. The van der Waals surface area contributed by atoms with Crippen LogP contribution in [0.15, 0.2) is 43.0 Å². The van der Waals surface area contributed by atoms with E-state index >= 15 is 0 Å². The molecule has 0 heterocycles. The molecule has 1 rings (SSSR count). The van der Waals surface area contributed by atoms with Crippen LogP contribution in [0, 0.1) is 5.92 Å². The van der Waals surface area contributed by atoms with E-state index in [1.807, 2.05) is 32.0 Å². The maximum absolute atomic E-state index is 12.5. The second-order valence-electron chi connectivity index (χ2n) is 4.62. The van der Waals surface area contributed by atoms with Gasteiger partial charge in [0.25, 0.3) is 0 Å². The summed E-state index contributed by atoms with van der Waals surface area (Å²) in [5, 5.41) is 10.6. The Kier molecular flexibility index (Phi) is 5.29. The first-order valence-corrected chi connectivity index (χ1v) is 6.51. The standard InChI is InChI=1S/C16H22O2/c1-4-10-14(16(18,5-2)6-3)15(17)13-11-8-7-9-12-13/h4,7-9,11-12,14,18H,1,5-6,10H2,2-3H3/t14-/m1/s1. The van der Waals surface area contributed by atoms with Crippen molar-refractivity contribution >= 4 is 5.78 Å². The lowest BCUT2D eigenvalue weighted by atomic mass is 9.76. The summed E-state index contributed by atoms with van der Waals surface area (Å²) >= 11 is 0. The summed E-state index contributed by atoms with van der Waals surface area (Å²) in [6, 6.07) is 9.16. The van der Waals surface area contributed by atoms with Crippen molar-refractivity contribution in [1.82, 2.24) is 0 Å². The zero-order valence-corrected chi connectivity index (χ0v) is 11.2. The van der Waals surface area contributed by atoms with Gasteiger partial charge >= 0.3 is 0 Å². The number of hydrogen-bond donors (Lipinski definition) is 1. The monoisotopic (exact) mass is 246 g/mol. The Morgan fingerprint density at radius 1 is 1.33 bits per heavy atom. The smallest absolute Gasteiger partial charge is 0.169 e. The van der Waals surface area contributed by atoms with Crippen LogP contribution in [0.1, 0.15) is 43.5 Å². The fraction of sp³-hybridized carbons (Fsp3) is 0.438. The van der Waals surface area contributed by atoms with E-state index in [-0.39, 0.29) is 5.78 Å². The van der Waals surface area contributed by atoms with Crippen molar-refractivity contribution in [3.05, 3.63) is 48.6 Å². The van der Waals surface area contributed by atoms with Gasteiger partial charge in [-0.2, -0.15) is 0 Å². The lowest BCUT2D eigenvalue weighted by Gasteiger charge is -2.33. The minimum Gasteiger partial charge on any atom is -0.389 e. The number of allylic oxidation sites excluding steroid dienone is 1. The summed E-state index contributed by atoms with van der Waals surface area (Å²) < 4.78 is 0. The van der Waals surface area contributed by atoms with Crippen molar-refractivity contribution < 1.29 is 9.90 Å². The number of hydrogen-bond acceptors (Lipinski definition) is 2. The number of benzene rings is 1. The van der Waals surface area contributed by atoms with Crippen LogP contribution in [0.4, 0.5) is 0 Å². The molecule has 0 aromatic heterocycles. The lowest BCUT2D eigenvalue weighted by molar-refractivity contribution is -0.0160. The van der Waals surface area contributed by atoms with Gasteiger partial charge in [0.2, 0.25) is 0 Å². The van der Waals surface area contributed by atoms with Gasteiger partial charge in [-0.15, -0.1) is 6.58 Å². The largest absolute Gasteiger partial charge is 0.389 e. The SMILES string of the molecule is C=CC[C@H](C(=O)c1ccccc1)C(O)(CC)CC. The number of rotatable bonds is 7. The van der Waals surface area contributed by atoms with Gasteiger partial charge in [0, 0.05) is 5.56 Å². The number of carbonyl (C=O) groups excluding carboxylic acids is 1. The van der Waals surface area contributed by atoms with Crippen LogP contribution >= 0.6 is 0 Å². The van der Waals surface area contributed by atoms with Crippen molar-refractivity contribution in [2.24, 2.45) is 5.92 Å². The van der Waals surface area contributed by atoms with Gasteiger partial charge in [0.15, 0.2) is 5.78 Å². The number of carbonyl (C=O) groups is 1. The van der Waals surface area contributed by atoms with Crippen molar-refractivity contribution in [3.63, 3.8) is 0 Å². The molecule has 0 radical (unpaired) electrons. The summed E-state index contributed by atoms with van der Waals surface area (Å²) in [4.78, 5) is 12.5. The molecular weight excluding hydrogens is 224 g/mol. The number of Topliss-reactive ketones (excluding diaryl/α,β-unsaturated/α-hetero) is 1. The molecule has 1 aromatic rings. The molecule has 98 valence electrons. The van der Waals surface area contributed by atoms with E-state index in [1.165, 1.54) is 0 Å². The van der Waals surface area contributed by atoms with Crippen LogP contribution in [0.2, 0.25) is 0 Å². The molecule has 0 aliphatic rings. The number of aliphatic hydroxyl groups is 1. The minimum atomic E-state index is -0.943. The third-order valence-electron chi connectivity index (χ3n) is 3.65. The third-order valence-corrected chi connectivity index (χ3v) is 3.65. The first kappa shape index (κ1) is 14.7. The summed E-state index contributed by atoms with van der Waals surface area (Å²) in [6.45, 7) is 7.52.